The van der Waals surface area contributed by atoms with Crippen molar-refractivity contribution in [3.8, 4) is 0 Å². The standard InChI is InChI=1S/C21H24N4O/c26-20(7-6-18-5-1-2-11-23-18)24-21-17-8-12-25(13-9-17)19(21)14-16-4-3-10-22-15-16/h1-7,10-11,15,17,19,21H,8-9,12-14H2,(H,24,26). The molecule has 2 atom stereocenters. The minimum Gasteiger partial charge on any atom is -0.348 e. The molecule has 3 aliphatic heterocycles. The van der Waals surface area contributed by atoms with E-state index in [2.05, 4.69) is 26.3 Å². The molecule has 0 aliphatic carbocycles. The second-order valence-electron chi connectivity index (χ2n) is 7.13. The first-order valence-corrected chi connectivity index (χ1v) is 9.32. The second-order valence-corrected chi connectivity index (χ2v) is 7.13. The Morgan fingerprint density at radius 2 is 2.08 bits per heavy atom. The Morgan fingerprint density at radius 1 is 1.19 bits per heavy atom. The maximum Gasteiger partial charge on any atom is 0.244 e. The van der Waals surface area contributed by atoms with Crippen molar-refractivity contribution in [1.82, 2.24) is 20.2 Å². The van der Waals surface area contributed by atoms with Crippen LogP contribution < -0.4 is 5.32 Å². The SMILES string of the molecule is O=C(C=Cc1ccccn1)NC1C2CCN(CC2)C1Cc1cccnc1. The van der Waals surface area contributed by atoms with Crippen LogP contribution in [0.25, 0.3) is 6.08 Å². The van der Waals surface area contributed by atoms with Crippen LogP contribution in [0.2, 0.25) is 0 Å². The van der Waals surface area contributed by atoms with Crippen LogP contribution in [0.5, 0.6) is 0 Å². The Morgan fingerprint density at radius 3 is 2.81 bits per heavy atom. The van der Waals surface area contributed by atoms with E-state index in [9.17, 15) is 4.79 Å². The second kappa shape index (κ2) is 7.79. The zero-order valence-corrected chi connectivity index (χ0v) is 14.8. The highest BCUT2D eigenvalue weighted by atomic mass is 16.1. The topological polar surface area (TPSA) is 58.1 Å². The zero-order valence-electron chi connectivity index (χ0n) is 14.8. The molecule has 2 unspecified atom stereocenters. The van der Waals surface area contributed by atoms with Gasteiger partial charge in [0, 0.05) is 36.8 Å². The summed E-state index contributed by atoms with van der Waals surface area (Å²) in [5, 5.41) is 3.28. The number of hydrogen-bond acceptors (Lipinski definition) is 4. The molecule has 5 nitrogen and oxygen atoms in total. The third-order valence-corrected chi connectivity index (χ3v) is 5.54. The van der Waals surface area contributed by atoms with Crippen LogP contribution in [0.15, 0.2) is 55.0 Å². The molecule has 0 aromatic carbocycles. The predicted octanol–water partition coefficient (Wildman–Crippen LogP) is 2.31. The third kappa shape index (κ3) is 3.83. The third-order valence-electron chi connectivity index (χ3n) is 5.54. The summed E-state index contributed by atoms with van der Waals surface area (Å²) in [6.45, 7) is 2.26. The fourth-order valence-electron chi connectivity index (χ4n) is 4.23. The quantitative estimate of drug-likeness (QED) is 0.843. The number of rotatable bonds is 5. The van der Waals surface area contributed by atoms with E-state index in [1.807, 2.05) is 30.5 Å². The lowest BCUT2D eigenvalue weighted by Gasteiger charge is -2.51. The lowest BCUT2D eigenvalue weighted by atomic mass is 9.77. The number of hydrogen-bond donors (Lipinski definition) is 1. The molecule has 2 bridgehead atoms. The molecular formula is C21H24N4O. The number of nitrogens with one attached hydrogen (secondary N) is 1. The largest absolute Gasteiger partial charge is 0.348 e. The molecular weight excluding hydrogens is 324 g/mol. The van der Waals surface area contributed by atoms with Gasteiger partial charge in [0.2, 0.25) is 5.91 Å². The zero-order chi connectivity index (χ0) is 17.8. The number of fused-ring (bicyclic) bond motifs is 3. The highest BCUT2D eigenvalue weighted by Gasteiger charge is 2.42. The van der Waals surface area contributed by atoms with E-state index >= 15 is 0 Å². The van der Waals surface area contributed by atoms with Gasteiger partial charge in [0.25, 0.3) is 0 Å². The molecule has 26 heavy (non-hydrogen) atoms. The van der Waals surface area contributed by atoms with Crippen molar-refractivity contribution >= 4 is 12.0 Å². The van der Waals surface area contributed by atoms with Crippen molar-refractivity contribution in [2.75, 3.05) is 13.1 Å². The first-order chi connectivity index (χ1) is 12.8. The number of amides is 1. The molecule has 3 saturated heterocycles. The Balaban J connectivity index is 1.45. The molecule has 0 radical (unpaired) electrons. The van der Waals surface area contributed by atoms with E-state index in [0.29, 0.717) is 12.0 Å². The summed E-state index contributed by atoms with van der Waals surface area (Å²) in [5.41, 5.74) is 2.02. The molecule has 2 aromatic rings. The van der Waals surface area contributed by atoms with Crippen molar-refractivity contribution < 1.29 is 4.79 Å². The van der Waals surface area contributed by atoms with Gasteiger partial charge in [0.1, 0.15) is 0 Å². The molecule has 1 N–H and O–H groups in total. The van der Waals surface area contributed by atoms with Crippen LogP contribution in [0.4, 0.5) is 0 Å². The van der Waals surface area contributed by atoms with E-state index in [4.69, 9.17) is 0 Å². The number of carbonyl (C=O) groups is 1. The maximum absolute atomic E-state index is 12.5. The summed E-state index contributed by atoms with van der Waals surface area (Å²) in [6, 6.07) is 10.3. The van der Waals surface area contributed by atoms with Crippen molar-refractivity contribution in [1.29, 1.82) is 0 Å². The first kappa shape index (κ1) is 16.9. The number of pyridine rings is 2. The van der Waals surface area contributed by atoms with Gasteiger partial charge in [0.05, 0.1) is 5.69 Å². The van der Waals surface area contributed by atoms with Gasteiger partial charge in [-0.05, 0) is 68.1 Å². The Bertz CT molecular complexity index is 754. The van der Waals surface area contributed by atoms with Crippen LogP contribution >= 0.6 is 0 Å². The minimum absolute atomic E-state index is 0.0365. The van der Waals surface area contributed by atoms with Crippen molar-refractivity contribution in [2.45, 2.75) is 31.3 Å². The van der Waals surface area contributed by atoms with Crippen LogP contribution in [0, 0.1) is 5.92 Å². The lowest BCUT2D eigenvalue weighted by Crippen LogP contribution is -2.64. The van der Waals surface area contributed by atoms with E-state index in [1.165, 1.54) is 18.4 Å². The summed E-state index contributed by atoms with van der Waals surface area (Å²) in [5.74, 6) is 0.527. The van der Waals surface area contributed by atoms with E-state index in [0.717, 1.165) is 25.2 Å². The van der Waals surface area contributed by atoms with Gasteiger partial charge in [-0.2, -0.15) is 0 Å². The molecule has 1 amide bonds. The summed E-state index contributed by atoms with van der Waals surface area (Å²) < 4.78 is 0. The molecule has 5 heteroatoms. The monoisotopic (exact) mass is 348 g/mol. The highest BCUT2D eigenvalue weighted by Crippen LogP contribution is 2.33. The molecule has 0 saturated carbocycles. The molecule has 5 heterocycles. The molecule has 3 aliphatic rings. The molecule has 3 fully saturated rings. The predicted molar refractivity (Wildman–Crippen MR) is 101 cm³/mol. The van der Waals surface area contributed by atoms with Crippen LogP contribution in [0.3, 0.4) is 0 Å². The van der Waals surface area contributed by atoms with Gasteiger partial charge >= 0.3 is 0 Å². The normalized spacial score (nSPS) is 27.5. The summed E-state index contributed by atoms with van der Waals surface area (Å²) in [7, 11) is 0. The van der Waals surface area contributed by atoms with Gasteiger partial charge in [-0.15, -0.1) is 0 Å². The molecule has 5 rings (SSSR count). The lowest BCUT2D eigenvalue weighted by molar-refractivity contribution is -0.119. The summed E-state index contributed by atoms with van der Waals surface area (Å²) in [4.78, 5) is 23.5. The smallest absolute Gasteiger partial charge is 0.244 e. The van der Waals surface area contributed by atoms with Crippen LogP contribution in [-0.4, -0.2) is 45.9 Å². The van der Waals surface area contributed by atoms with Crippen LogP contribution in [0.1, 0.15) is 24.1 Å². The minimum atomic E-state index is -0.0365. The fourth-order valence-corrected chi connectivity index (χ4v) is 4.23. The molecule has 0 spiro atoms. The van der Waals surface area contributed by atoms with Crippen LogP contribution in [-0.2, 0) is 11.2 Å². The number of piperidine rings is 3. The van der Waals surface area contributed by atoms with Crippen molar-refractivity contribution in [3.05, 3.63) is 66.3 Å². The molecule has 2 aromatic heterocycles. The maximum atomic E-state index is 12.5. The Hall–Kier alpha value is -2.53. The van der Waals surface area contributed by atoms with Gasteiger partial charge in [-0.3, -0.25) is 19.7 Å². The van der Waals surface area contributed by atoms with Gasteiger partial charge < -0.3 is 5.32 Å². The average Bonchev–Trinajstić information content (AvgIpc) is 2.70. The Labute approximate surface area is 154 Å². The van der Waals surface area contributed by atoms with Crippen molar-refractivity contribution in [2.24, 2.45) is 5.92 Å². The number of nitrogens with zero attached hydrogens (tertiary/aromatic N) is 3. The van der Waals surface area contributed by atoms with Gasteiger partial charge in [-0.25, -0.2) is 0 Å². The van der Waals surface area contributed by atoms with E-state index in [1.54, 1.807) is 24.5 Å². The van der Waals surface area contributed by atoms with Crippen molar-refractivity contribution in [3.63, 3.8) is 0 Å². The van der Waals surface area contributed by atoms with E-state index in [-0.39, 0.29) is 11.9 Å². The molecule has 134 valence electrons. The van der Waals surface area contributed by atoms with Gasteiger partial charge in [0.15, 0.2) is 0 Å². The Kier molecular flexibility index (Phi) is 5.07. The van der Waals surface area contributed by atoms with Gasteiger partial charge in [-0.1, -0.05) is 12.1 Å². The number of aromatic nitrogens is 2. The first-order valence-electron chi connectivity index (χ1n) is 9.32. The fraction of sp³-hybridized carbons (Fsp3) is 0.381. The average molecular weight is 348 g/mol. The highest BCUT2D eigenvalue weighted by molar-refractivity contribution is 5.91. The summed E-state index contributed by atoms with van der Waals surface area (Å²) in [6.07, 6.45) is 12.1. The summed E-state index contributed by atoms with van der Waals surface area (Å²) >= 11 is 0. The van der Waals surface area contributed by atoms with E-state index < -0.39 is 0 Å². The number of carbonyl (C=O) groups excluding carboxylic acids is 1.